The maximum Gasteiger partial charge on any atom is 0.320 e. The molecule has 0 aliphatic carbocycles. The van der Waals surface area contributed by atoms with Gasteiger partial charge in [-0.3, -0.25) is 4.79 Å². The molecule has 0 saturated carbocycles. The minimum absolute atomic E-state index is 0.0129. The summed E-state index contributed by atoms with van der Waals surface area (Å²) in [7, 11) is 0. The second-order valence-electron chi connectivity index (χ2n) is 5.83. The normalized spacial score (nSPS) is 23.7. The van der Waals surface area contributed by atoms with Crippen LogP contribution in [-0.4, -0.2) is 52.6 Å². The van der Waals surface area contributed by atoms with Gasteiger partial charge in [-0.05, 0) is 33.1 Å². The highest BCUT2D eigenvalue weighted by Gasteiger charge is 2.46. The quantitative estimate of drug-likeness (QED) is 0.816. The van der Waals surface area contributed by atoms with Crippen LogP contribution in [0.3, 0.4) is 0 Å². The molecule has 2 amide bonds. The number of amides is 2. The van der Waals surface area contributed by atoms with Gasteiger partial charge in [0.15, 0.2) is 0 Å². The molecular weight excluding hydrogens is 256 g/mol. The van der Waals surface area contributed by atoms with Gasteiger partial charge in [-0.1, -0.05) is 20.3 Å². The first-order valence-corrected chi connectivity index (χ1v) is 7.70. The Morgan fingerprint density at radius 2 is 2.00 bits per heavy atom. The van der Waals surface area contributed by atoms with Gasteiger partial charge in [-0.15, -0.1) is 0 Å². The highest BCUT2D eigenvalue weighted by molar-refractivity contribution is 5.80. The molecule has 0 radical (unpaired) electrons. The minimum atomic E-state index is -0.763. The molecule has 116 valence electrons. The molecule has 1 heterocycles. The molecule has 0 aromatic carbocycles. The molecule has 2 atom stereocenters. The van der Waals surface area contributed by atoms with Crippen molar-refractivity contribution in [3.05, 3.63) is 0 Å². The average Bonchev–Trinajstić information content (AvgIpc) is 2.85. The molecule has 1 rings (SSSR count). The van der Waals surface area contributed by atoms with E-state index in [9.17, 15) is 14.7 Å². The largest absolute Gasteiger partial charge is 0.481 e. The zero-order chi connectivity index (χ0) is 15.3. The first kappa shape index (κ1) is 16.8. The number of carboxylic acid groups (broad SMARTS) is 1. The second kappa shape index (κ2) is 6.95. The van der Waals surface area contributed by atoms with Crippen LogP contribution in [0.25, 0.3) is 0 Å². The summed E-state index contributed by atoms with van der Waals surface area (Å²) in [5.74, 6) is -0.763. The van der Waals surface area contributed by atoms with E-state index in [0.717, 1.165) is 12.8 Å². The van der Waals surface area contributed by atoms with Gasteiger partial charge < -0.3 is 14.9 Å². The smallest absolute Gasteiger partial charge is 0.320 e. The van der Waals surface area contributed by atoms with Crippen LogP contribution >= 0.6 is 0 Å². The standard InChI is InChI=1S/C15H28N2O3/c1-5-8-15(13(18)19)9-10-16(11-15)14(20)17(7-3)12(4)6-2/h12H,5-11H2,1-4H3,(H,18,19). The lowest BCUT2D eigenvalue weighted by Crippen LogP contribution is -2.47. The molecule has 1 fully saturated rings. The Hall–Kier alpha value is -1.26. The highest BCUT2D eigenvalue weighted by Crippen LogP contribution is 2.36. The number of nitrogens with zero attached hydrogens (tertiary/aromatic N) is 2. The van der Waals surface area contributed by atoms with Gasteiger partial charge in [0, 0.05) is 25.7 Å². The lowest BCUT2D eigenvalue weighted by Gasteiger charge is -2.32. The van der Waals surface area contributed by atoms with Gasteiger partial charge in [0.1, 0.15) is 0 Å². The van der Waals surface area contributed by atoms with E-state index in [0.29, 0.717) is 32.5 Å². The zero-order valence-electron chi connectivity index (χ0n) is 13.2. The van der Waals surface area contributed by atoms with Crippen molar-refractivity contribution in [2.24, 2.45) is 5.41 Å². The van der Waals surface area contributed by atoms with Crippen molar-refractivity contribution in [1.82, 2.24) is 9.80 Å². The Labute approximate surface area is 121 Å². The molecule has 0 aromatic rings. The third kappa shape index (κ3) is 3.25. The summed E-state index contributed by atoms with van der Waals surface area (Å²) >= 11 is 0. The summed E-state index contributed by atoms with van der Waals surface area (Å²) in [5.41, 5.74) is -0.737. The van der Waals surface area contributed by atoms with Gasteiger partial charge in [0.25, 0.3) is 0 Å². The molecule has 5 heteroatoms. The summed E-state index contributed by atoms with van der Waals surface area (Å²) in [6, 6.07) is 0.180. The first-order chi connectivity index (χ1) is 9.41. The Morgan fingerprint density at radius 3 is 2.45 bits per heavy atom. The summed E-state index contributed by atoms with van der Waals surface area (Å²) in [4.78, 5) is 27.7. The maximum absolute atomic E-state index is 12.6. The predicted octanol–water partition coefficient (Wildman–Crippen LogP) is 2.80. The third-order valence-corrected chi connectivity index (χ3v) is 4.52. The first-order valence-electron chi connectivity index (χ1n) is 7.70. The van der Waals surface area contributed by atoms with Gasteiger partial charge in [0.05, 0.1) is 5.41 Å². The van der Waals surface area contributed by atoms with Crippen molar-refractivity contribution < 1.29 is 14.7 Å². The van der Waals surface area contributed by atoms with Crippen LogP contribution in [-0.2, 0) is 4.79 Å². The molecule has 1 aliphatic heterocycles. The van der Waals surface area contributed by atoms with Crippen molar-refractivity contribution in [2.75, 3.05) is 19.6 Å². The van der Waals surface area contributed by atoms with Crippen molar-refractivity contribution in [1.29, 1.82) is 0 Å². The number of rotatable bonds is 6. The van der Waals surface area contributed by atoms with E-state index in [4.69, 9.17) is 0 Å². The number of urea groups is 1. The van der Waals surface area contributed by atoms with Crippen molar-refractivity contribution in [3.8, 4) is 0 Å². The fourth-order valence-electron chi connectivity index (χ4n) is 3.04. The number of carbonyl (C=O) groups excluding carboxylic acids is 1. The molecule has 1 N–H and O–H groups in total. The fourth-order valence-corrected chi connectivity index (χ4v) is 3.04. The Kier molecular flexibility index (Phi) is 5.84. The third-order valence-electron chi connectivity index (χ3n) is 4.52. The van der Waals surface area contributed by atoms with Gasteiger partial charge in [-0.25, -0.2) is 4.79 Å². The molecule has 0 aromatic heterocycles. The van der Waals surface area contributed by atoms with Crippen molar-refractivity contribution in [3.63, 3.8) is 0 Å². The minimum Gasteiger partial charge on any atom is -0.481 e. The van der Waals surface area contributed by atoms with Crippen LogP contribution in [0.4, 0.5) is 4.79 Å². The molecular formula is C15H28N2O3. The average molecular weight is 284 g/mol. The van der Waals surface area contributed by atoms with Crippen LogP contribution in [0.1, 0.15) is 53.4 Å². The van der Waals surface area contributed by atoms with E-state index in [1.165, 1.54) is 0 Å². The predicted molar refractivity (Wildman–Crippen MR) is 78.7 cm³/mol. The molecule has 1 saturated heterocycles. The Morgan fingerprint density at radius 1 is 1.35 bits per heavy atom. The summed E-state index contributed by atoms with van der Waals surface area (Å²) < 4.78 is 0. The maximum atomic E-state index is 12.6. The molecule has 0 spiro atoms. The number of likely N-dealkylation sites (tertiary alicyclic amines) is 1. The molecule has 5 nitrogen and oxygen atoms in total. The fraction of sp³-hybridized carbons (Fsp3) is 0.867. The van der Waals surface area contributed by atoms with E-state index in [-0.39, 0.29) is 12.1 Å². The van der Waals surface area contributed by atoms with Crippen LogP contribution in [0.15, 0.2) is 0 Å². The summed E-state index contributed by atoms with van der Waals surface area (Å²) in [6.07, 6.45) is 2.95. The number of hydrogen-bond donors (Lipinski definition) is 1. The van der Waals surface area contributed by atoms with E-state index in [1.54, 1.807) is 4.90 Å². The molecule has 0 bridgehead atoms. The van der Waals surface area contributed by atoms with Gasteiger partial charge in [0.2, 0.25) is 0 Å². The number of hydrogen-bond acceptors (Lipinski definition) is 2. The topological polar surface area (TPSA) is 60.9 Å². The SMILES string of the molecule is CCCC1(C(=O)O)CCN(C(=O)N(CC)C(C)CC)C1. The van der Waals surface area contributed by atoms with E-state index >= 15 is 0 Å². The number of carbonyl (C=O) groups is 2. The van der Waals surface area contributed by atoms with E-state index < -0.39 is 11.4 Å². The second-order valence-corrected chi connectivity index (χ2v) is 5.83. The Bertz CT molecular complexity index is 359. The lowest BCUT2D eigenvalue weighted by atomic mass is 9.83. The Balaban J connectivity index is 2.80. The molecule has 1 aliphatic rings. The zero-order valence-corrected chi connectivity index (χ0v) is 13.2. The summed E-state index contributed by atoms with van der Waals surface area (Å²) in [5, 5.41) is 9.49. The summed E-state index contributed by atoms with van der Waals surface area (Å²) in [6.45, 7) is 9.62. The van der Waals surface area contributed by atoms with Crippen LogP contribution in [0, 0.1) is 5.41 Å². The van der Waals surface area contributed by atoms with E-state index in [1.807, 2.05) is 25.7 Å². The van der Waals surface area contributed by atoms with Gasteiger partial charge in [-0.2, -0.15) is 0 Å². The molecule has 2 unspecified atom stereocenters. The lowest BCUT2D eigenvalue weighted by molar-refractivity contribution is -0.148. The van der Waals surface area contributed by atoms with Crippen molar-refractivity contribution in [2.45, 2.75) is 59.4 Å². The van der Waals surface area contributed by atoms with Crippen LogP contribution in [0.2, 0.25) is 0 Å². The number of carboxylic acids is 1. The monoisotopic (exact) mass is 284 g/mol. The highest BCUT2D eigenvalue weighted by atomic mass is 16.4. The molecule has 20 heavy (non-hydrogen) atoms. The van der Waals surface area contributed by atoms with Gasteiger partial charge >= 0.3 is 12.0 Å². The van der Waals surface area contributed by atoms with Crippen LogP contribution in [0.5, 0.6) is 0 Å². The van der Waals surface area contributed by atoms with Crippen molar-refractivity contribution >= 4 is 12.0 Å². The van der Waals surface area contributed by atoms with Crippen LogP contribution < -0.4 is 0 Å². The van der Waals surface area contributed by atoms with E-state index in [2.05, 4.69) is 6.92 Å². The number of aliphatic carboxylic acids is 1.